The van der Waals surface area contributed by atoms with Crippen LogP contribution in [0.4, 0.5) is 0 Å². The van der Waals surface area contributed by atoms with Gasteiger partial charge in [0, 0.05) is 22.5 Å². The van der Waals surface area contributed by atoms with Crippen molar-refractivity contribution in [2.45, 2.75) is 26.7 Å². The van der Waals surface area contributed by atoms with Crippen LogP contribution in [0.2, 0.25) is 0 Å². The van der Waals surface area contributed by atoms with Gasteiger partial charge in [0.1, 0.15) is 11.2 Å². The summed E-state index contributed by atoms with van der Waals surface area (Å²) in [5.41, 5.74) is 8.94. The summed E-state index contributed by atoms with van der Waals surface area (Å²) in [5.74, 6) is 0.476. The average molecular weight is 377 g/mol. The highest BCUT2D eigenvalue weighted by Gasteiger charge is 2.12. The Morgan fingerprint density at radius 2 is 1.38 bits per heavy atom. The minimum absolute atomic E-state index is 0.476. The molecule has 5 aromatic rings. The van der Waals surface area contributed by atoms with Crippen molar-refractivity contribution in [3.05, 3.63) is 90.1 Å². The Bertz CT molecular complexity index is 1330. The van der Waals surface area contributed by atoms with Crippen molar-refractivity contribution in [2.24, 2.45) is 0 Å². The largest absolute Gasteiger partial charge is 0.456 e. The highest BCUT2D eigenvalue weighted by atomic mass is 16.3. The summed E-state index contributed by atoms with van der Waals surface area (Å²) in [6, 6.07) is 25.5. The molecule has 0 saturated heterocycles. The second-order valence-corrected chi connectivity index (χ2v) is 7.97. The molecule has 0 saturated carbocycles. The number of nitrogens with zero attached hydrogens (tertiary/aromatic N) is 1. The Kier molecular flexibility index (Phi) is 4.21. The summed E-state index contributed by atoms with van der Waals surface area (Å²) in [7, 11) is 0. The Morgan fingerprint density at radius 1 is 0.724 bits per heavy atom. The average Bonchev–Trinajstić information content (AvgIpc) is 3.11. The van der Waals surface area contributed by atoms with Gasteiger partial charge in [0.15, 0.2) is 0 Å². The maximum absolute atomic E-state index is 6.09. The van der Waals surface area contributed by atoms with Gasteiger partial charge < -0.3 is 4.42 Å². The molecule has 0 aliphatic rings. The van der Waals surface area contributed by atoms with E-state index < -0.39 is 0 Å². The number of aryl methyl sites for hydroxylation is 1. The predicted octanol–water partition coefficient (Wildman–Crippen LogP) is 7.75. The molecule has 0 unspecified atom stereocenters. The lowest BCUT2D eigenvalue weighted by atomic mass is 9.97. The Hall–Kier alpha value is -3.39. The third kappa shape index (κ3) is 3.11. The van der Waals surface area contributed by atoms with E-state index in [0.29, 0.717) is 5.92 Å². The number of fused-ring (bicyclic) bond motifs is 3. The Morgan fingerprint density at radius 3 is 2.07 bits per heavy atom. The van der Waals surface area contributed by atoms with E-state index in [2.05, 4.69) is 87.5 Å². The number of furan rings is 1. The molecule has 29 heavy (non-hydrogen) atoms. The number of pyridine rings is 1. The van der Waals surface area contributed by atoms with Gasteiger partial charge in [-0.25, -0.2) is 0 Å². The molecule has 3 aromatic carbocycles. The third-order valence-corrected chi connectivity index (χ3v) is 5.64. The molecule has 0 atom stereocenters. The fourth-order valence-electron chi connectivity index (χ4n) is 4.07. The van der Waals surface area contributed by atoms with Crippen molar-refractivity contribution in [1.82, 2.24) is 4.98 Å². The lowest BCUT2D eigenvalue weighted by Gasteiger charge is -2.11. The molecule has 2 heterocycles. The van der Waals surface area contributed by atoms with Crippen LogP contribution in [0.15, 0.2) is 83.4 Å². The number of rotatable bonds is 3. The second-order valence-electron chi connectivity index (χ2n) is 7.97. The first-order valence-corrected chi connectivity index (χ1v) is 10.1. The van der Waals surface area contributed by atoms with Gasteiger partial charge in [-0.3, -0.25) is 4.98 Å². The predicted molar refractivity (Wildman–Crippen MR) is 121 cm³/mol. The van der Waals surface area contributed by atoms with Gasteiger partial charge in [0.05, 0.1) is 5.69 Å². The summed E-state index contributed by atoms with van der Waals surface area (Å²) >= 11 is 0. The van der Waals surface area contributed by atoms with E-state index in [0.717, 1.165) is 33.2 Å². The topological polar surface area (TPSA) is 26.0 Å². The van der Waals surface area contributed by atoms with E-state index in [4.69, 9.17) is 9.40 Å². The molecule has 142 valence electrons. The summed E-state index contributed by atoms with van der Waals surface area (Å²) in [6.45, 7) is 6.58. The molecule has 2 heteroatoms. The first-order chi connectivity index (χ1) is 14.1. The van der Waals surface area contributed by atoms with Crippen molar-refractivity contribution in [1.29, 1.82) is 0 Å². The van der Waals surface area contributed by atoms with Crippen molar-refractivity contribution < 1.29 is 4.42 Å². The van der Waals surface area contributed by atoms with Crippen molar-refractivity contribution in [3.8, 4) is 22.4 Å². The van der Waals surface area contributed by atoms with Crippen molar-refractivity contribution in [3.63, 3.8) is 0 Å². The van der Waals surface area contributed by atoms with E-state index in [1.165, 1.54) is 22.3 Å². The molecule has 0 amide bonds. The molecule has 5 rings (SSSR count). The highest BCUT2D eigenvalue weighted by Crippen LogP contribution is 2.35. The second kappa shape index (κ2) is 6.89. The molecule has 0 aliphatic carbocycles. The maximum Gasteiger partial charge on any atom is 0.135 e. The first kappa shape index (κ1) is 17.7. The van der Waals surface area contributed by atoms with E-state index in [1.54, 1.807) is 0 Å². The van der Waals surface area contributed by atoms with Crippen LogP contribution in [0, 0.1) is 6.92 Å². The van der Waals surface area contributed by atoms with Gasteiger partial charge in [-0.05, 0) is 71.5 Å². The fourth-order valence-corrected chi connectivity index (χ4v) is 4.07. The van der Waals surface area contributed by atoms with E-state index in [9.17, 15) is 0 Å². The minimum atomic E-state index is 0.476. The normalized spacial score (nSPS) is 11.6. The minimum Gasteiger partial charge on any atom is -0.456 e. The SMILES string of the molecule is Cc1cnc(-c2ccc3oc4ccc(-c5ccccc5)cc4c3c2)cc1C(C)C. The molecular weight excluding hydrogens is 354 g/mol. The molecule has 2 nitrogen and oxygen atoms in total. The van der Waals surface area contributed by atoms with Crippen LogP contribution < -0.4 is 0 Å². The number of hydrogen-bond donors (Lipinski definition) is 0. The zero-order valence-electron chi connectivity index (χ0n) is 16.9. The number of aromatic nitrogens is 1. The maximum atomic E-state index is 6.09. The molecule has 2 aromatic heterocycles. The zero-order chi connectivity index (χ0) is 20.0. The molecule has 0 bridgehead atoms. The smallest absolute Gasteiger partial charge is 0.135 e. The van der Waals surface area contributed by atoms with Crippen LogP contribution in [0.3, 0.4) is 0 Å². The van der Waals surface area contributed by atoms with Crippen molar-refractivity contribution in [2.75, 3.05) is 0 Å². The Labute approximate surface area is 170 Å². The van der Waals surface area contributed by atoms with Gasteiger partial charge >= 0.3 is 0 Å². The number of benzene rings is 3. The van der Waals surface area contributed by atoms with Crippen LogP contribution in [0.25, 0.3) is 44.3 Å². The summed E-state index contributed by atoms with van der Waals surface area (Å²) < 4.78 is 6.09. The summed E-state index contributed by atoms with van der Waals surface area (Å²) in [6.07, 6.45) is 1.98. The standard InChI is InChI=1S/C27H23NO/c1-17(2)22-15-25(28-16-18(22)3)21-10-12-27-24(14-21)23-13-20(9-11-26(23)29-27)19-7-5-4-6-8-19/h4-17H,1-3H3. The molecule has 0 radical (unpaired) electrons. The van der Waals surface area contributed by atoms with Crippen LogP contribution in [0.5, 0.6) is 0 Å². The zero-order valence-corrected chi connectivity index (χ0v) is 16.9. The lowest BCUT2D eigenvalue weighted by Crippen LogP contribution is -1.95. The quantitative estimate of drug-likeness (QED) is 0.321. The molecule has 0 fully saturated rings. The molecule has 0 aliphatic heterocycles. The first-order valence-electron chi connectivity index (χ1n) is 10.1. The number of hydrogen-bond acceptors (Lipinski definition) is 2. The van der Waals surface area contributed by atoms with Crippen molar-refractivity contribution >= 4 is 21.9 Å². The van der Waals surface area contributed by atoms with Gasteiger partial charge in [-0.1, -0.05) is 50.2 Å². The molecule has 0 spiro atoms. The molecular formula is C27H23NO. The van der Waals surface area contributed by atoms with E-state index >= 15 is 0 Å². The van der Waals surface area contributed by atoms with E-state index in [1.807, 2.05) is 12.3 Å². The third-order valence-electron chi connectivity index (χ3n) is 5.64. The fraction of sp³-hybridized carbons (Fsp3) is 0.148. The summed E-state index contributed by atoms with van der Waals surface area (Å²) in [5, 5.41) is 2.27. The molecule has 0 N–H and O–H groups in total. The van der Waals surface area contributed by atoms with Crippen LogP contribution in [0.1, 0.15) is 30.9 Å². The van der Waals surface area contributed by atoms with Crippen LogP contribution in [-0.4, -0.2) is 4.98 Å². The van der Waals surface area contributed by atoms with E-state index in [-0.39, 0.29) is 0 Å². The monoisotopic (exact) mass is 377 g/mol. The Balaban J connectivity index is 1.68. The van der Waals surface area contributed by atoms with Crippen LogP contribution >= 0.6 is 0 Å². The van der Waals surface area contributed by atoms with Gasteiger partial charge in [-0.2, -0.15) is 0 Å². The lowest BCUT2D eigenvalue weighted by molar-refractivity contribution is 0.669. The highest BCUT2D eigenvalue weighted by molar-refractivity contribution is 6.07. The summed E-state index contributed by atoms with van der Waals surface area (Å²) in [4.78, 5) is 4.70. The van der Waals surface area contributed by atoms with Gasteiger partial charge in [-0.15, -0.1) is 0 Å². The van der Waals surface area contributed by atoms with Gasteiger partial charge in [0.25, 0.3) is 0 Å². The van der Waals surface area contributed by atoms with Crippen LogP contribution in [-0.2, 0) is 0 Å². The van der Waals surface area contributed by atoms with Gasteiger partial charge in [0.2, 0.25) is 0 Å².